The quantitative estimate of drug-likeness (QED) is 0.600. The van der Waals surface area contributed by atoms with Crippen LogP contribution in [0.3, 0.4) is 0 Å². The van der Waals surface area contributed by atoms with E-state index in [1.165, 1.54) is 12.1 Å². The highest BCUT2D eigenvalue weighted by Crippen LogP contribution is 2.29. The van der Waals surface area contributed by atoms with Gasteiger partial charge in [0.25, 0.3) is 0 Å². The normalized spacial score (nSPS) is 17.2. The first-order valence-electron chi connectivity index (χ1n) is 10.1. The van der Waals surface area contributed by atoms with Crippen LogP contribution in [0.25, 0.3) is 11.1 Å². The van der Waals surface area contributed by atoms with Crippen molar-refractivity contribution in [2.24, 2.45) is 0 Å². The van der Waals surface area contributed by atoms with Gasteiger partial charge in [0.15, 0.2) is 0 Å². The van der Waals surface area contributed by atoms with Crippen LogP contribution in [0, 0.1) is 0 Å². The second-order valence-electron chi connectivity index (χ2n) is 7.43. The number of hydrogen-bond acceptors (Lipinski definition) is 4. The first-order valence-corrected chi connectivity index (χ1v) is 11.6. The molecule has 4 rings (SSSR count). The molecule has 31 heavy (non-hydrogen) atoms. The van der Waals surface area contributed by atoms with Crippen molar-refractivity contribution in [2.45, 2.75) is 30.2 Å². The maximum absolute atomic E-state index is 13.0. The minimum atomic E-state index is -3.89. The van der Waals surface area contributed by atoms with E-state index in [1.54, 1.807) is 12.1 Å². The van der Waals surface area contributed by atoms with Crippen molar-refractivity contribution in [3.8, 4) is 22.6 Å². The van der Waals surface area contributed by atoms with Gasteiger partial charge in [-0.1, -0.05) is 42.5 Å². The number of sulfonamides is 1. The van der Waals surface area contributed by atoms with Crippen molar-refractivity contribution >= 4 is 16.0 Å². The fraction of sp³-hybridized carbons (Fsp3) is 0.208. The molecule has 160 valence electrons. The summed E-state index contributed by atoms with van der Waals surface area (Å²) in [6.45, 7) is 0.214. The Balaban J connectivity index is 1.48. The predicted molar refractivity (Wildman–Crippen MR) is 118 cm³/mol. The molecule has 1 N–H and O–H groups in total. The standard InChI is InChI=1S/C24H23NO5S/c26-24(27)23-8-4-5-17-25(23)31(28,29)22-15-13-21(14-16-22)30-20-11-9-19(10-12-20)18-6-2-1-3-7-18/h1-3,6-7,9-16,23H,4-5,8,17H2,(H,26,27)/t23-/m1/s1. The van der Waals surface area contributed by atoms with Crippen LogP contribution < -0.4 is 4.74 Å². The lowest BCUT2D eigenvalue weighted by molar-refractivity contribution is -0.142. The SMILES string of the molecule is O=C(O)[C@H]1CCCCN1S(=O)(=O)c1ccc(Oc2ccc(-c3ccccc3)cc2)cc1. The van der Waals surface area contributed by atoms with Gasteiger partial charge in [0.05, 0.1) is 4.90 Å². The number of nitrogens with zero attached hydrogens (tertiary/aromatic N) is 1. The highest BCUT2D eigenvalue weighted by molar-refractivity contribution is 7.89. The molecule has 0 aromatic heterocycles. The molecule has 0 unspecified atom stereocenters. The third kappa shape index (κ3) is 4.62. The van der Waals surface area contributed by atoms with Gasteiger partial charge in [0, 0.05) is 6.54 Å². The summed E-state index contributed by atoms with van der Waals surface area (Å²) in [5, 5.41) is 9.39. The van der Waals surface area contributed by atoms with Crippen LogP contribution in [0.5, 0.6) is 11.5 Å². The predicted octanol–water partition coefficient (Wildman–Crippen LogP) is 4.77. The molecule has 0 saturated carbocycles. The Morgan fingerprint density at radius 2 is 1.42 bits per heavy atom. The van der Waals surface area contributed by atoms with Crippen LogP contribution in [0.4, 0.5) is 0 Å². The van der Waals surface area contributed by atoms with Crippen molar-refractivity contribution in [1.82, 2.24) is 4.31 Å². The van der Waals surface area contributed by atoms with Crippen molar-refractivity contribution in [3.05, 3.63) is 78.9 Å². The van der Waals surface area contributed by atoms with E-state index in [9.17, 15) is 18.3 Å². The zero-order chi connectivity index (χ0) is 21.8. The number of benzene rings is 3. The van der Waals surface area contributed by atoms with Crippen molar-refractivity contribution in [3.63, 3.8) is 0 Å². The smallest absolute Gasteiger partial charge is 0.322 e. The Morgan fingerprint density at radius 3 is 2.03 bits per heavy atom. The van der Waals surface area contributed by atoms with E-state index in [2.05, 4.69) is 0 Å². The molecular weight excluding hydrogens is 414 g/mol. The van der Waals surface area contributed by atoms with Gasteiger partial charge in [0.2, 0.25) is 10.0 Å². The summed E-state index contributed by atoms with van der Waals surface area (Å²) in [4.78, 5) is 11.6. The number of rotatable bonds is 6. The zero-order valence-electron chi connectivity index (χ0n) is 16.8. The molecule has 7 heteroatoms. The number of piperidine rings is 1. The highest BCUT2D eigenvalue weighted by atomic mass is 32.2. The van der Waals surface area contributed by atoms with E-state index >= 15 is 0 Å². The molecule has 1 fully saturated rings. The molecule has 3 aromatic carbocycles. The van der Waals surface area contributed by atoms with Crippen LogP contribution in [0.15, 0.2) is 83.8 Å². The monoisotopic (exact) mass is 437 g/mol. The highest BCUT2D eigenvalue weighted by Gasteiger charge is 2.37. The minimum Gasteiger partial charge on any atom is -0.480 e. The summed E-state index contributed by atoms with van der Waals surface area (Å²) in [6, 6.07) is 22.7. The second kappa shape index (κ2) is 8.91. The maximum atomic E-state index is 13.0. The number of carboxylic acid groups (broad SMARTS) is 1. The molecule has 0 radical (unpaired) electrons. The van der Waals surface area contributed by atoms with Crippen LogP contribution in [-0.2, 0) is 14.8 Å². The first-order chi connectivity index (χ1) is 14.9. The Hall–Kier alpha value is -3.16. The van der Waals surface area contributed by atoms with Crippen molar-refractivity contribution < 1.29 is 23.1 Å². The first kappa shape index (κ1) is 21.1. The van der Waals surface area contributed by atoms with E-state index in [1.807, 2.05) is 54.6 Å². The molecule has 0 aliphatic carbocycles. The molecule has 0 bridgehead atoms. The summed E-state index contributed by atoms with van der Waals surface area (Å²) < 4.78 is 32.9. The lowest BCUT2D eigenvalue weighted by Crippen LogP contribution is -2.47. The summed E-state index contributed by atoms with van der Waals surface area (Å²) in [5.74, 6) is 0.0271. The van der Waals surface area contributed by atoms with Gasteiger partial charge in [-0.3, -0.25) is 4.79 Å². The number of hydrogen-bond donors (Lipinski definition) is 1. The molecular formula is C24H23NO5S. The molecule has 1 atom stereocenters. The molecule has 1 aliphatic heterocycles. The van der Waals surface area contributed by atoms with Crippen molar-refractivity contribution in [1.29, 1.82) is 0 Å². The molecule has 3 aromatic rings. The van der Waals surface area contributed by atoms with Gasteiger partial charge in [-0.15, -0.1) is 0 Å². The van der Waals surface area contributed by atoms with E-state index in [0.717, 1.165) is 15.4 Å². The fourth-order valence-corrected chi connectivity index (χ4v) is 5.39. The number of ether oxygens (including phenoxy) is 1. The topological polar surface area (TPSA) is 83.9 Å². The lowest BCUT2D eigenvalue weighted by Gasteiger charge is -2.31. The van der Waals surface area contributed by atoms with Gasteiger partial charge >= 0.3 is 5.97 Å². The summed E-state index contributed by atoms with van der Waals surface area (Å²) in [6.07, 6.45) is 1.69. The average Bonchev–Trinajstić information content (AvgIpc) is 2.80. The van der Waals surface area contributed by atoms with Gasteiger partial charge in [-0.25, -0.2) is 8.42 Å². The number of aliphatic carboxylic acids is 1. The average molecular weight is 438 g/mol. The summed E-state index contributed by atoms with van der Waals surface area (Å²) in [7, 11) is -3.89. The largest absolute Gasteiger partial charge is 0.480 e. The molecule has 1 saturated heterocycles. The Morgan fingerprint density at radius 1 is 0.839 bits per heavy atom. The summed E-state index contributed by atoms with van der Waals surface area (Å²) in [5.41, 5.74) is 2.19. The van der Waals surface area contributed by atoms with E-state index in [0.29, 0.717) is 30.8 Å². The molecule has 0 amide bonds. The number of carbonyl (C=O) groups is 1. The van der Waals surface area contributed by atoms with Gasteiger partial charge in [-0.2, -0.15) is 4.31 Å². The second-order valence-corrected chi connectivity index (χ2v) is 9.32. The van der Waals surface area contributed by atoms with Crippen molar-refractivity contribution in [2.75, 3.05) is 6.54 Å². The van der Waals surface area contributed by atoms with Gasteiger partial charge in [-0.05, 0) is 66.8 Å². The molecule has 0 spiro atoms. The maximum Gasteiger partial charge on any atom is 0.322 e. The zero-order valence-corrected chi connectivity index (χ0v) is 17.7. The molecule has 6 nitrogen and oxygen atoms in total. The fourth-order valence-electron chi connectivity index (χ4n) is 3.74. The van der Waals surface area contributed by atoms with E-state index < -0.39 is 22.0 Å². The van der Waals surface area contributed by atoms with Crippen LogP contribution in [0.1, 0.15) is 19.3 Å². The lowest BCUT2D eigenvalue weighted by atomic mass is 10.1. The van der Waals surface area contributed by atoms with Gasteiger partial charge < -0.3 is 9.84 Å². The number of carboxylic acids is 1. The summed E-state index contributed by atoms with van der Waals surface area (Å²) >= 11 is 0. The van der Waals surface area contributed by atoms with E-state index in [-0.39, 0.29) is 11.4 Å². The molecule has 1 heterocycles. The third-order valence-electron chi connectivity index (χ3n) is 5.37. The van der Waals surface area contributed by atoms with Crippen LogP contribution >= 0.6 is 0 Å². The molecule has 1 aliphatic rings. The minimum absolute atomic E-state index is 0.0624. The Bertz CT molecular complexity index is 1140. The van der Waals surface area contributed by atoms with Crippen LogP contribution in [0.2, 0.25) is 0 Å². The Labute approximate surface area is 181 Å². The van der Waals surface area contributed by atoms with Crippen LogP contribution in [-0.4, -0.2) is 36.4 Å². The van der Waals surface area contributed by atoms with Gasteiger partial charge in [0.1, 0.15) is 17.5 Å². The Kier molecular flexibility index (Phi) is 6.06. The third-order valence-corrected chi connectivity index (χ3v) is 7.29. The van der Waals surface area contributed by atoms with E-state index in [4.69, 9.17) is 4.74 Å².